The zero-order chi connectivity index (χ0) is 16.2. The number of pyridine rings is 1. The molecule has 3 rings (SSSR count). The Morgan fingerprint density at radius 1 is 1.26 bits per heavy atom. The summed E-state index contributed by atoms with van der Waals surface area (Å²) in [4.78, 5) is 27.1. The van der Waals surface area contributed by atoms with E-state index in [2.05, 4.69) is 20.9 Å². The molecule has 2 heterocycles. The second-order valence-electron chi connectivity index (χ2n) is 5.20. The molecule has 1 atom stereocenters. The van der Waals surface area contributed by atoms with Gasteiger partial charge in [-0.3, -0.25) is 4.79 Å². The Balaban J connectivity index is 1.59. The minimum absolute atomic E-state index is 0.271. The van der Waals surface area contributed by atoms with Crippen LogP contribution < -0.4 is 20.7 Å². The predicted molar refractivity (Wildman–Crippen MR) is 84.4 cm³/mol. The zero-order valence-corrected chi connectivity index (χ0v) is 12.5. The quantitative estimate of drug-likeness (QED) is 0.802. The van der Waals surface area contributed by atoms with Crippen LogP contribution in [0.15, 0.2) is 42.6 Å². The molecule has 1 aliphatic heterocycles. The third-order valence-corrected chi connectivity index (χ3v) is 3.34. The molecule has 1 saturated heterocycles. The first-order valence-electron chi connectivity index (χ1n) is 7.16. The van der Waals surface area contributed by atoms with E-state index < -0.39 is 6.04 Å². The van der Waals surface area contributed by atoms with Gasteiger partial charge in [0.2, 0.25) is 11.8 Å². The second kappa shape index (κ2) is 6.35. The van der Waals surface area contributed by atoms with Crippen LogP contribution >= 0.6 is 0 Å². The van der Waals surface area contributed by atoms with Gasteiger partial charge in [-0.25, -0.2) is 9.78 Å². The minimum Gasteiger partial charge on any atom is -0.439 e. The Kier molecular flexibility index (Phi) is 4.09. The zero-order valence-electron chi connectivity index (χ0n) is 12.5. The predicted octanol–water partition coefficient (Wildman–Crippen LogP) is 1.80. The Bertz CT molecular complexity index is 713. The van der Waals surface area contributed by atoms with E-state index in [4.69, 9.17) is 4.74 Å². The van der Waals surface area contributed by atoms with Crippen LogP contribution in [0.2, 0.25) is 0 Å². The van der Waals surface area contributed by atoms with Crippen molar-refractivity contribution in [1.29, 1.82) is 0 Å². The number of carbonyl (C=O) groups excluding carboxylic acids is 2. The van der Waals surface area contributed by atoms with Crippen LogP contribution in [-0.2, 0) is 4.79 Å². The number of aromatic nitrogens is 1. The molecule has 1 unspecified atom stereocenters. The van der Waals surface area contributed by atoms with Crippen molar-refractivity contribution in [1.82, 2.24) is 15.6 Å². The summed E-state index contributed by atoms with van der Waals surface area (Å²) in [6, 6.07) is 10.1. The molecule has 1 aromatic heterocycles. The van der Waals surface area contributed by atoms with Crippen molar-refractivity contribution in [2.75, 3.05) is 11.9 Å². The summed E-state index contributed by atoms with van der Waals surface area (Å²) in [6.45, 7) is 2.27. The summed E-state index contributed by atoms with van der Waals surface area (Å²) >= 11 is 0. The molecule has 7 heteroatoms. The lowest BCUT2D eigenvalue weighted by molar-refractivity contribution is -0.117. The van der Waals surface area contributed by atoms with Crippen LogP contribution in [0.25, 0.3) is 0 Å². The summed E-state index contributed by atoms with van der Waals surface area (Å²) < 4.78 is 5.62. The Labute approximate surface area is 133 Å². The third kappa shape index (κ3) is 3.76. The number of ether oxygens (including phenoxy) is 1. The van der Waals surface area contributed by atoms with Gasteiger partial charge in [0.25, 0.3) is 0 Å². The molecule has 1 aromatic carbocycles. The largest absolute Gasteiger partial charge is 0.439 e. The summed E-state index contributed by atoms with van der Waals surface area (Å²) in [5, 5.41) is 7.74. The highest BCUT2D eigenvalue weighted by molar-refractivity contribution is 5.98. The minimum atomic E-state index is -0.578. The number of aryl methyl sites for hydroxylation is 1. The van der Waals surface area contributed by atoms with Crippen LogP contribution in [0.4, 0.5) is 10.5 Å². The average Bonchev–Trinajstić information content (AvgIpc) is 2.98. The van der Waals surface area contributed by atoms with E-state index in [1.165, 1.54) is 6.20 Å². The molecule has 0 saturated carbocycles. The lowest BCUT2D eigenvalue weighted by Crippen LogP contribution is -2.38. The fraction of sp³-hybridized carbons (Fsp3) is 0.188. The molecule has 3 N–H and O–H groups in total. The van der Waals surface area contributed by atoms with E-state index in [9.17, 15) is 9.59 Å². The molecule has 7 nitrogen and oxygen atoms in total. The van der Waals surface area contributed by atoms with E-state index in [1.807, 2.05) is 31.2 Å². The SMILES string of the molecule is Cc1ccc(Oc2ccc(NC(=O)C3CNC(=O)N3)cn2)cc1. The molecule has 0 aliphatic carbocycles. The molecular weight excluding hydrogens is 296 g/mol. The molecule has 23 heavy (non-hydrogen) atoms. The van der Waals surface area contributed by atoms with Gasteiger partial charge in [0, 0.05) is 12.6 Å². The molecule has 118 valence electrons. The van der Waals surface area contributed by atoms with E-state index in [-0.39, 0.29) is 18.5 Å². The lowest BCUT2D eigenvalue weighted by atomic mass is 10.2. The maximum Gasteiger partial charge on any atom is 0.315 e. The number of urea groups is 1. The van der Waals surface area contributed by atoms with Gasteiger partial charge in [0.1, 0.15) is 11.8 Å². The standard InChI is InChI=1S/C16H16N4O3/c1-10-2-5-12(6-3-10)23-14-7-4-11(8-17-14)19-15(21)13-9-18-16(22)20-13/h2-8,13H,9H2,1H3,(H,19,21)(H2,18,20,22). The highest BCUT2D eigenvalue weighted by Gasteiger charge is 2.26. The fourth-order valence-corrected chi connectivity index (χ4v) is 2.08. The molecule has 1 aliphatic rings. The first-order valence-corrected chi connectivity index (χ1v) is 7.16. The Hall–Kier alpha value is -3.09. The van der Waals surface area contributed by atoms with Crippen LogP contribution in [0, 0.1) is 6.92 Å². The van der Waals surface area contributed by atoms with Crippen LogP contribution in [-0.4, -0.2) is 29.5 Å². The van der Waals surface area contributed by atoms with E-state index in [0.717, 1.165) is 5.56 Å². The van der Waals surface area contributed by atoms with Gasteiger partial charge in [0.05, 0.1) is 11.9 Å². The van der Waals surface area contributed by atoms with Crippen molar-refractivity contribution in [3.8, 4) is 11.6 Å². The first kappa shape index (κ1) is 14.8. The van der Waals surface area contributed by atoms with Gasteiger partial charge < -0.3 is 20.7 Å². The molecule has 0 radical (unpaired) electrons. The van der Waals surface area contributed by atoms with E-state index in [0.29, 0.717) is 17.3 Å². The van der Waals surface area contributed by atoms with Gasteiger partial charge in [-0.2, -0.15) is 0 Å². The van der Waals surface area contributed by atoms with E-state index >= 15 is 0 Å². The van der Waals surface area contributed by atoms with Crippen molar-refractivity contribution in [3.05, 3.63) is 48.2 Å². The number of hydrogen-bond donors (Lipinski definition) is 3. The monoisotopic (exact) mass is 312 g/mol. The fourth-order valence-electron chi connectivity index (χ4n) is 2.08. The number of nitrogens with one attached hydrogen (secondary N) is 3. The summed E-state index contributed by atoms with van der Waals surface area (Å²) in [7, 11) is 0. The van der Waals surface area contributed by atoms with Crippen LogP contribution in [0.1, 0.15) is 5.56 Å². The molecule has 2 aromatic rings. The number of nitrogens with zero attached hydrogens (tertiary/aromatic N) is 1. The van der Waals surface area contributed by atoms with Gasteiger partial charge in [-0.05, 0) is 25.1 Å². The highest BCUT2D eigenvalue weighted by Crippen LogP contribution is 2.20. The van der Waals surface area contributed by atoms with Crippen molar-refractivity contribution in [3.63, 3.8) is 0 Å². The van der Waals surface area contributed by atoms with Crippen LogP contribution in [0.5, 0.6) is 11.6 Å². The Morgan fingerprint density at radius 2 is 2.04 bits per heavy atom. The van der Waals surface area contributed by atoms with Crippen molar-refractivity contribution in [2.24, 2.45) is 0 Å². The normalized spacial score (nSPS) is 16.4. The maximum absolute atomic E-state index is 11.9. The van der Waals surface area contributed by atoms with Crippen LogP contribution in [0.3, 0.4) is 0 Å². The van der Waals surface area contributed by atoms with Gasteiger partial charge in [-0.15, -0.1) is 0 Å². The molecule has 0 spiro atoms. The number of benzene rings is 1. The number of anilines is 1. The third-order valence-electron chi connectivity index (χ3n) is 3.34. The average molecular weight is 312 g/mol. The number of carbonyl (C=O) groups is 2. The smallest absolute Gasteiger partial charge is 0.315 e. The Morgan fingerprint density at radius 3 is 2.65 bits per heavy atom. The summed E-state index contributed by atoms with van der Waals surface area (Å²) in [6.07, 6.45) is 1.51. The number of hydrogen-bond acceptors (Lipinski definition) is 4. The van der Waals surface area contributed by atoms with Gasteiger partial charge in [-0.1, -0.05) is 17.7 Å². The molecule has 3 amide bonds. The van der Waals surface area contributed by atoms with Crippen molar-refractivity contribution < 1.29 is 14.3 Å². The van der Waals surface area contributed by atoms with Crippen molar-refractivity contribution >= 4 is 17.6 Å². The van der Waals surface area contributed by atoms with Gasteiger partial charge >= 0.3 is 6.03 Å². The number of amides is 3. The maximum atomic E-state index is 11.9. The topological polar surface area (TPSA) is 92.4 Å². The van der Waals surface area contributed by atoms with Gasteiger partial charge in [0.15, 0.2) is 0 Å². The second-order valence-corrected chi connectivity index (χ2v) is 5.20. The van der Waals surface area contributed by atoms with Crippen molar-refractivity contribution in [2.45, 2.75) is 13.0 Å². The lowest BCUT2D eigenvalue weighted by Gasteiger charge is -2.10. The molecule has 0 bridgehead atoms. The highest BCUT2D eigenvalue weighted by atomic mass is 16.5. The van der Waals surface area contributed by atoms with E-state index in [1.54, 1.807) is 12.1 Å². The molecular formula is C16H16N4O3. The summed E-state index contributed by atoms with van der Waals surface area (Å²) in [5.74, 6) is 0.833. The summed E-state index contributed by atoms with van der Waals surface area (Å²) in [5.41, 5.74) is 1.68. The first-order chi connectivity index (χ1) is 11.1. The number of rotatable bonds is 4. The molecule has 1 fully saturated rings.